The van der Waals surface area contributed by atoms with Gasteiger partial charge in [-0.25, -0.2) is 4.39 Å². The molecule has 0 fully saturated rings. The first-order valence-corrected chi connectivity index (χ1v) is 9.08. The van der Waals surface area contributed by atoms with Crippen LogP contribution in [0.15, 0.2) is 36.4 Å². The third-order valence-corrected chi connectivity index (χ3v) is 4.89. The number of rotatable bonds is 5. The number of carbonyl (C=O) groups is 1. The number of hydrogen-bond acceptors (Lipinski definition) is 4. The Morgan fingerprint density at radius 3 is 2.65 bits per heavy atom. The predicted octanol–water partition coefficient (Wildman–Crippen LogP) is 3.69. The maximum atomic E-state index is 13.7. The topological polar surface area (TPSA) is 64.6 Å². The van der Waals surface area contributed by atoms with Crippen molar-refractivity contribution in [1.82, 2.24) is 0 Å². The van der Waals surface area contributed by atoms with Crippen molar-refractivity contribution >= 4 is 34.0 Å². The van der Waals surface area contributed by atoms with Crippen molar-refractivity contribution in [1.29, 1.82) is 0 Å². The fourth-order valence-corrected chi connectivity index (χ4v) is 3.64. The van der Waals surface area contributed by atoms with Crippen molar-refractivity contribution in [3.8, 4) is 11.5 Å². The van der Waals surface area contributed by atoms with Crippen molar-refractivity contribution < 1.29 is 31.6 Å². The van der Waals surface area contributed by atoms with Crippen LogP contribution in [-0.2, 0) is 21.3 Å². The molecule has 2 aromatic rings. The van der Waals surface area contributed by atoms with E-state index >= 15 is 0 Å². The van der Waals surface area contributed by atoms with Crippen LogP contribution in [0.2, 0.25) is 5.02 Å². The summed E-state index contributed by atoms with van der Waals surface area (Å²) in [7, 11) is -1.72. The Balaban J connectivity index is 1.60. The normalized spacial score (nSPS) is 15.5. The van der Waals surface area contributed by atoms with E-state index in [1.165, 1.54) is 30.3 Å². The van der Waals surface area contributed by atoms with Gasteiger partial charge in [0.1, 0.15) is 11.6 Å². The fraction of sp³-hybridized carbons (Fsp3) is 0.188. The first-order chi connectivity index (χ1) is 12.2. The lowest BCUT2D eigenvalue weighted by Crippen LogP contribution is -2.25. The molecule has 1 heterocycles. The number of nitrogens with one attached hydrogen (secondary N) is 1. The van der Waals surface area contributed by atoms with Gasteiger partial charge in [-0.3, -0.25) is 9.00 Å². The number of benzene rings is 2. The minimum absolute atomic E-state index is 0.0608. The number of carbonyl (C=O) groups excluding carboxylic acids is 1. The molecule has 1 atom stereocenters. The summed E-state index contributed by atoms with van der Waals surface area (Å²) in [5, 5.41) is 2.53. The standard InChI is InChI=1S/C16H11ClF3NO4S/c17-11-2-1-3-12(18)10(11)7-26(23)8-15(22)21-9-4-5-13-14(6-9)25-16(19,20)24-13/h1-6H,7-8H2,(H,21,22). The van der Waals surface area contributed by atoms with Crippen molar-refractivity contribution in [2.45, 2.75) is 12.0 Å². The number of hydrogen-bond donors (Lipinski definition) is 1. The maximum Gasteiger partial charge on any atom is 0.586 e. The van der Waals surface area contributed by atoms with E-state index in [0.717, 1.165) is 6.07 Å². The van der Waals surface area contributed by atoms with E-state index in [-0.39, 0.29) is 33.5 Å². The van der Waals surface area contributed by atoms with Gasteiger partial charge < -0.3 is 14.8 Å². The summed E-state index contributed by atoms with van der Waals surface area (Å²) in [4.78, 5) is 12.0. The Morgan fingerprint density at radius 2 is 1.92 bits per heavy atom. The van der Waals surface area contributed by atoms with E-state index in [9.17, 15) is 22.2 Å². The number of halogens is 4. The average molecular weight is 406 g/mol. The summed E-state index contributed by atoms with van der Waals surface area (Å²) >= 11 is 5.86. The van der Waals surface area contributed by atoms with E-state index in [1.54, 1.807) is 0 Å². The fourth-order valence-electron chi connectivity index (χ4n) is 2.25. The van der Waals surface area contributed by atoms with E-state index in [1.807, 2.05) is 0 Å². The third kappa shape index (κ3) is 4.28. The van der Waals surface area contributed by atoms with Gasteiger partial charge in [0.05, 0.1) is 5.75 Å². The second-order valence-corrected chi connectivity index (χ2v) is 7.17. The Hall–Kier alpha value is -2.26. The van der Waals surface area contributed by atoms with Crippen LogP contribution in [0.25, 0.3) is 0 Å². The van der Waals surface area contributed by atoms with Gasteiger partial charge in [-0.2, -0.15) is 0 Å². The van der Waals surface area contributed by atoms with Crippen LogP contribution in [0, 0.1) is 5.82 Å². The summed E-state index contributed by atoms with van der Waals surface area (Å²) < 4.78 is 60.2. The molecule has 0 saturated carbocycles. The van der Waals surface area contributed by atoms with Crippen molar-refractivity contribution in [2.75, 3.05) is 11.1 Å². The Morgan fingerprint density at radius 1 is 1.19 bits per heavy atom. The van der Waals surface area contributed by atoms with Gasteiger partial charge in [0.25, 0.3) is 0 Å². The minimum Gasteiger partial charge on any atom is -0.395 e. The number of alkyl halides is 2. The molecule has 1 aliphatic rings. The number of amides is 1. The number of anilines is 1. The van der Waals surface area contributed by atoms with E-state index in [0.29, 0.717) is 0 Å². The highest BCUT2D eigenvalue weighted by Crippen LogP contribution is 2.42. The zero-order chi connectivity index (χ0) is 18.9. The van der Waals surface area contributed by atoms with Gasteiger partial charge in [-0.15, -0.1) is 8.78 Å². The molecule has 1 amide bonds. The van der Waals surface area contributed by atoms with Crippen molar-refractivity contribution in [2.24, 2.45) is 0 Å². The summed E-state index contributed by atoms with van der Waals surface area (Å²) in [5.74, 6) is -2.29. The molecule has 1 N–H and O–H groups in total. The van der Waals surface area contributed by atoms with E-state index < -0.39 is 34.6 Å². The molecule has 0 aliphatic carbocycles. The molecular weight excluding hydrogens is 395 g/mol. The minimum atomic E-state index is -3.76. The lowest BCUT2D eigenvalue weighted by Gasteiger charge is -2.08. The Labute approximate surface area is 153 Å². The molecule has 1 aliphatic heterocycles. The molecule has 2 aromatic carbocycles. The summed E-state index contributed by atoms with van der Waals surface area (Å²) in [5.41, 5.74) is 0.224. The zero-order valence-corrected chi connectivity index (χ0v) is 14.5. The van der Waals surface area contributed by atoms with Gasteiger partial charge in [0.2, 0.25) is 5.91 Å². The third-order valence-electron chi connectivity index (χ3n) is 3.34. The number of ether oxygens (including phenoxy) is 2. The molecule has 138 valence electrons. The van der Waals surface area contributed by atoms with Crippen LogP contribution >= 0.6 is 11.6 Å². The lowest BCUT2D eigenvalue weighted by atomic mass is 10.2. The van der Waals surface area contributed by atoms with Gasteiger partial charge in [-0.1, -0.05) is 17.7 Å². The molecule has 3 rings (SSSR count). The molecule has 0 saturated heterocycles. The second-order valence-electron chi connectivity index (χ2n) is 5.31. The number of fused-ring (bicyclic) bond motifs is 1. The zero-order valence-electron chi connectivity index (χ0n) is 12.9. The SMILES string of the molecule is O=C(CS(=O)Cc1c(F)cccc1Cl)Nc1ccc2c(c1)OC(F)(F)O2. The molecule has 0 aromatic heterocycles. The molecule has 0 bridgehead atoms. The van der Waals surface area contributed by atoms with Crippen LogP contribution in [0.3, 0.4) is 0 Å². The summed E-state index contributed by atoms with van der Waals surface area (Å²) in [6, 6.07) is 7.76. The average Bonchev–Trinajstić information content (AvgIpc) is 2.84. The van der Waals surface area contributed by atoms with E-state index in [4.69, 9.17) is 11.6 Å². The van der Waals surface area contributed by atoms with Gasteiger partial charge in [0.15, 0.2) is 11.5 Å². The maximum absolute atomic E-state index is 13.7. The molecular formula is C16H11ClF3NO4S. The van der Waals surface area contributed by atoms with Crippen LogP contribution in [0.5, 0.6) is 11.5 Å². The van der Waals surface area contributed by atoms with Gasteiger partial charge in [0, 0.05) is 33.1 Å². The van der Waals surface area contributed by atoms with Gasteiger partial charge >= 0.3 is 6.29 Å². The first kappa shape index (κ1) is 18.5. The largest absolute Gasteiger partial charge is 0.586 e. The molecule has 26 heavy (non-hydrogen) atoms. The first-order valence-electron chi connectivity index (χ1n) is 7.21. The monoisotopic (exact) mass is 405 g/mol. The molecule has 0 radical (unpaired) electrons. The molecule has 10 heteroatoms. The summed E-state index contributed by atoms with van der Waals surface area (Å²) in [6.07, 6.45) is -3.76. The predicted molar refractivity (Wildman–Crippen MR) is 89.4 cm³/mol. The highest BCUT2D eigenvalue weighted by molar-refractivity contribution is 7.85. The molecule has 1 unspecified atom stereocenters. The summed E-state index contributed by atoms with van der Waals surface area (Å²) in [6.45, 7) is 0. The van der Waals surface area contributed by atoms with Crippen molar-refractivity contribution in [3.63, 3.8) is 0 Å². The lowest BCUT2D eigenvalue weighted by molar-refractivity contribution is -0.286. The highest BCUT2D eigenvalue weighted by Gasteiger charge is 2.43. The van der Waals surface area contributed by atoms with Crippen LogP contribution in [-0.4, -0.2) is 22.2 Å². The van der Waals surface area contributed by atoms with Crippen LogP contribution in [0.4, 0.5) is 18.9 Å². The Bertz CT molecular complexity index is 874. The smallest absolute Gasteiger partial charge is 0.395 e. The molecule has 5 nitrogen and oxygen atoms in total. The Kier molecular flexibility index (Phi) is 5.10. The van der Waals surface area contributed by atoms with Crippen LogP contribution in [0.1, 0.15) is 5.56 Å². The quantitative estimate of drug-likeness (QED) is 0.824. The van der Waals surface area contributed by atoms with Crippen molar-refractivity contribution in [3.05, 3.63) is 52.8 Å². The second kappa shape index (κ2) is 7.16. The van der Waals surface area contributed by atoms with Crippen LogP contribution < -0.4 is 14.8 Å². The molecule has 0 spiro atoms. The van der Waals surface area contributed by atoms with E-state index in [2.05, 4.69) is 14.8 Å². The highest BCUT2D eigenvalue weighted by atomic mass is 35.5. The van der Waals surface area contributed by atoms with Gasteiger partial charge in [-0.05, 0) is 24.3 Å².